The highest BCUT2D eigenvalue weighted by Crippen LogP contribution is 2.24. The second-order valence-corrected chi connectivity index (χ2v) is 6.56. The van der Waals surface area contributed by atoms with E-state index in [4.69, 9.17) is 5.73 Å². The zero-order valence-corrected chi connectivity index (χ0v) is 13.1. The molecule has 1 saturated heterocycles. The molecule has 2 N–H and O–H groups in total. The average Bonchev–Trinajstić information content (AvgIpc) is 2.52. The number of hydrogen-bond donors (Lipinski definition) is 1. The van der Waals surface area contributed by atoms with E-state index in [1.54, 1.807) is 16.7 Å². The van der Waals surface area contributed by atoms with Crippen LogP contribution in [-0.4, -0.2) is 35.1 Å². The smallest absolute Gasteiger partial charge is 0.240 e. The van der Waals surface area contributed by atoms with Crippen molar-refractivity contribution in [3.63, 3.8) is 0 Å². The van der Waals surface area contributed by atoms with Gasteiger partial charge in [-0.1, -0.05) is 25.1 Å². The fraction of sp³-hybridized carbons (Fsp3) is 0.500. The van der Waals surface area contributed by atoms with Gasteiger partial charge in [-0.2, -0.15) is 0 Å². The van der Waals surface area contributed by atoms with Crippen LogP contribution in [0, 0.1) is 5.92 Å². The predicted molar refractivity (Wildman–Crippen MR) is 84.9 cm³/mol. The normalized spacial score (nSPS) is 20.0. The lowest BCUT2D eigenvalue weighted by Gasteiger charge is -2.35. The summed E-state index contributed by atoms with van der Waals surface area (Å²) in [7, 11) is 0. The molecule has 1 aliphatic heterocycles. The van der Waals surface area contributed by atoms with Gasteiger partial charge in [0.25, 0.3) is 0 Å². The van der Waals surface area contributed by atoms with Crippen LogP contribution in [0.4, 0.5) is 0 Å². The summed E-state index contributed by atoms with van der Waals surface area (Å²) in [5.41, 5.74) is 5.42. The molecule has 114 valence electrons. The number of hydrogen-bond acceptors (Lipinski definition) is 3. The third-order valence-electron chi connectivity index (χ3n) is 3.78. The fourth-order valence-corrected chi connectivity index (χ4v) is 3.52. The second kappa shape index (κ2) is 7.50. The maximum absolute atomic E-state index is 12.5. The summed E-state index contributed by atoms with van der Waals surface area (Å²) in [6.07, 6.45) is 2.61. The van der Waals surface area contributed by atoms with E-state index in [2.05, 4.69) is 0 Å². The average molecular weight is 306 g/mol. The maximum atomic E-state index is 12.5. The van der Waals surface area contributed by atoms with Crippen molar-refractivity contribution >= 4 is 23.6 Å². The highest BCUT2D eigenvalue weighted by molar-refractivity contribution is 7.99. The highest BCUT2D eigenvalue weighted by Gasteiger charge is 2.32. The van der Waals surface area contributed by atoms with Gasteiger partial charge in [-0.05, 0) is 31.4 Å². The van der Waals surface area contributed by atoms with E-state index in [1.165, 1.54) is 0 Å². The molecule has 2 rings (SSSR count). The van der Waals surface area contributed by atoms with Gasteiger partial charge in [-0.25, -0.2) is 0 Å². The summed E-state index contributed by atoms with van der Waals surface area (Å²) >= 11 is 1.67. The molecule has 0 aromatic heterocycles. The molecular weight excluding hydrogens is 284 g/mol. The molecule has 5 heteroatoms. The Bertz CT molecular complexity index is 492. The van der Waals surface area contributed by atoms with Gasteiger partial charge < -0.3 is 10.6 Å². The Morgan fingerprint density at radius 3 is 2.71 bits per heavy atom. The Balaban J connectivity index is 1.93. The Labute approximate surface area is 130 Å². The van der Waals surface area contributed by atoms with Crippen LogP contribution in [0.2, 0.25) is 0 Å². The van der Waals surface area contributed by atoms with E-state index in [0.29, 0.717) is 18.7 Å². The van der Waals surface area contributed by atoms with E-state index in [1.807, 2.05) is 37.3 Å². The molecule has 0 saturated carbocycles. The second-order valence-electron chi connectivity index (χ2n) is 5.47. The van der Waals surface area contributed by atoms with Crippen molar-refractivity contribution in [3.05, 3.63) is 30.3 Å². The van der Waals surface area contributed by atoms with E-state index >= 15 is 0 Å². The highest BCUT2D eigenvalue weighted by atomic mass is 32.2. The molecule has 0 bridgehead atoms. The van der Waals surface area contributed by atoms with Gasteiger partial charge >= 0.3 is 0 Å². The zero-order chi connectivity index (χ0) is 15.2. The monoisotopic (exact) mass is 306 g/mol. The van der Waals surface area contributed by atoms with Gasteiger partial charge in [0, 0.05) is 23.1 Å². The molecule has 21 heavy (non-hydrogen) atoms. The van der Waals surface area contributed by atoms with Crippen LogP contribution in [0.25, 0.3) is 0 Å². The summed E-state index contributed by atoms with van der Waals surface area (Å²) < 4.78 is 0. The minimum atomic E-state index is -0.421. The lowest BCUT2D eigenvalue weighted by Crippen LogP contribution is -2.52. The largest absolute Gasteiger partial charge is 0.368 e. The quantitative estimate of drug-likeness (QED) is 0.849. The van der Waals surface area contributed by atoms with E-state index in [-0.39, 0.29) is 17.7 Å². The Kier molecular flexibility index (Phi) is 5.67. The lowest BCUT2D eigenvalue weighted by atomic mass is 9.99. The van der Waals surface area contributed by atoms with E-state index < -0.39 is 6.04 Å². The first-order valence-corrected chi connectivity index (χ1v) is 8.36. The molecule has 0 aliphatic carbocycles. The van der Waals surface area contributed by atoms with Crippen molar-refractivity contribution in [1.29, 1.82) is 0 Å². The number of thioether (sulfide) groups is 1. The molecule has 1 heterocycles. The van der Waals surface area contributed by atoms with Crippen LogP contribution in [-0.2, 0) is 9.59 Å². The molecule has 1 aromatic carbocycles. The number of nitrogens with zero attached hydrogens (tertiary/aromatic N) is 1. The predicted octanol–water partition coefficient (Wildman–Crippen LogP) is 2.28. The molecule has 1 aromatic rings. The minimum Gasteiger partial charge on any atom is -0.368 e. The van der Waals surface area contributed by atoms with Crippen LogP contribution >= 0.6 is 11.8 Å². The van der Waals surface area contributed by atoms with Gasteiger partial charge in [-0.15, -0.1) is 11.8 Å². The molecule has 1 fully saturated rings. The number of primary amides is 1. The third-order valence-corrected chi connectivity index (χ3v) is 5.05. The van der Waals surface area contributed by atoms with Crippen LogP contribution in [0.1, 0.15) is 26.2 Å². The summed E-state index contributed by atoms with van der Waals surface area (Å²) in [5, 5.41) is 0. The summed E-state index contributed by atoms with van der Waals surface area (Å²) in [6.45, 7) is 2.57. The molecule has 0 spiro atoms. The van der Waals surface area contributed by atoms with E-state index in [9.17, 15) is 9.59 Å². The lowest BCUT2D eigenvalue weighted by molar-refractivity contribution is -0.143. The molecule has 4 nitrogen and oxygen atoms in total. The fourth-order valence-electron chi connectivity index (χ4n) is 2.58. The van der Waals surface area contributed by atoms with Gasteiger partial charge in [0.05, 0.1) is 0 Å². The molecular formula is C16H22N2O2S. The Morgan fingerprint density at radius 2 is 2.05 bits per heavy atom. The number of carbonyl (C=O) groups excluding carboxylic acids is 2. The number of carbonyl (C=O) groups is 2. The summed E-state index contributed by atoms with van der Waals surface area (Å²) in [5.74, 6) is 0.258. The maximum Gasteiger partial charge on any atom is 0.240 e. The van der Waals surface area contributed by atoms with Crippen LogP contribution < -0.4 is 5.73 Å². The number of piperidine rings is 1. The van der Waals surface area contributed by atoms with Crippen molar-refractivity contribution in [1.82, 2.24) is 4.90 Å². The van der Waals surface area contributed by atoms with Crippen LogP contribution in [0.3, 0.4) is 0 Å². The first-order valence-electron chi connectivity index (χ1n) is 7.37. The summed E-state index contributed by atoms with van der Waals surface area (Å²) in [4.78, 5) is 26.9. The number of benzene rings is 1. The van der Waals surface area contributed by atoms with Gasteiger partial charge in [0.2, 0.25) is 11.8 Å². The summed E-state index contributed by atoms with van der Waals surface area (Å²) in [6, 6.07) is 9.61. The Hall–Kier alpha value is -1.49. The van der Waals surface area contributed by atoms with Crippen molar-refractivity contribution in [2.24, 2.45) is 11.7 Å². The van der Waals surface area contributed by atoms with Crippen LogP contribution in [0.5, 0.6) is 0 Å². The topological polar surface area (TPSA) is 63.4 Å². The SMILES string of the molecule is CC(CSc1ccccc1)C(=O)N1CCCCC1C(N)=O. The number of likely N-dealkylation sites (tertiary alicyclic amines) is 1. The number of amides is 2. The molecule has 2 amide bonds. The van der Waals surface area contributed by atoms with Crippen molar-refractivity contribution < 1.29 is 9.59 Å². The van der Waals surface area contributed by atoms with Crippen LogP contribution in [0.15, 0.2) is 35.2 Å². The van der Waals surface area contributed by atoms with Crippen molar-refractivity contribution in [2.75, 3.05) is 12.3 Å². The Morgan fingerprint density at radius 1 is 1.33 bits per heavy atom. The minimum absolute atomic E-state index is 0.0435. The van der Waals surface area contributed by atoms with E-state index in [0.717, 1.165) is 17.7 Å². The first-order chi connectivity index (χ1) is 10.1. The standard InChI is InChI=1S/C16H22N2O2S/c1-12(11-21-13-7-3-2-4-8-13)16(20)18-10-6-5-9-14(18)15(17)19/h2-4,7-8,12,14H,5-6,9-11H2,1H3,(H2,17,19). The number of nitrogens with two attached hydrogens (primary N) is 1. The van der Waals surface area contributed by atoms with Gasteiger partial charge in [0.15, 0.2) is 0 Å². The van der Waals surface area contributed by atoms with Gasteiger partial charge in [0.1, 0.15) is 6.04 Å². The third kappa shape index (κ3) is 4.24. The molecule has 0 radical (unpaired) electrons. The number of rotatable bonds is 5. The first kappa shape index (κ1) is 15.9. The zero-order valence-electron chi connectivity index (χ0n) is 12.3. The van der Waals surface area contributed by atoms with Gasteiger partial charge in [-0.3, -0.25) is 9.59 Å². The van der Waals surface area contributed by atoms with Crippen molar-refractivity contribution in [3.8, 4) is 0 Å². The van der Waals surface area contributed by atoms with Crippen molar-refractivity contribution in [2.45, 2.75) is 37.1 Å². The molecule has 2 unspecified atom stereocenters. The molecule has 1 aliphatic rings. The molecule has 2 atom stereocenters.